The van der Waals surface area contributed by atoms with Crippen molar-refractivity contribution in [2.45, 2.75) is 4.90 Å². The molecule has 2 aromatic rings. The molecule has 21 heavy (non-hydrogen) atoms. The second-order valence-corrected chi connectivity index (χ2v) is 6.00. The van der Waals surface area contributed by atoms with E-state index in [0.29, 0.717) is 12.3 Å². The Hall–Kier alpha value is -2.49. The van der Waals surface area contributed by atoms with Gasteiger partial charge in [-0.2, -0.15) is 0 Å². The molecule has 0 amide bonds. The highest BCUT2D eigenvalue weighted by Gasteiger charge is 2.27. The van der Waals surface area contributed by atoms with Gasteiger partial charge in [0, 0.05) is 12.3 Å². The van der Waals surface area contributed by atoms with Crippen LogP contribution in [0.15, 0.2) is 21.6 Å². The quantitative estimate of drug-likeness (QED) is 0.878. The predicted octanol–water partition coefficient (Wildman–Crippen LogP) is 1.43. The molecule has 10 heteroatoms. The van der Waals surface area contributed by atoms with E-state index >= 15 is 0 Å². The third-order valence-corrected chi connectivity index (χ3v) is 3.63. The van der Waals surface area contributed by atoms with Gasteiger partial charge in [0.2, 0.25) is 5.76 Å². The molecule has 1 aromatic heterocycles. The number of aromatic nitrogens is 1. The van der Waals surface area contributed by atoms with E-state index in [4.69, 9.17) is 5.11 Å². The van der Waals surface area contributed by atoms with Crippen molar-refractivity contribution in [2.24, 2.45) is 0 Å². The van der Waals surface area contributed by atoms with Crippen molar-refractivity contribution in [1.29, 1.82) is 0 Å². The molecule has 2 rings (SSSR count). The van der Waals surface area contributed by atoms with Crippen molar-refractivity contribution in [3.8, 4) is 17.0 Å². The van der Waals surface area contributed by atoms with Gasteiger partial charge in [0.05, 0.1) is 5.56 Å². The minimum atomic E-state index is -4.24. The van der Waals surface area contributed by atoms with Crippen LogP contribution < -0.4 is 0 Å². The Morgan fingerprint density at radius 1 is 1.33 bits per heavy atom. The van der Waals surface area contributed by atoms with Gasteiger partial charge in [-0.15, -0.1) is 0 Å². The number of halogens is 2. The molecule has 0 spiro atoms. The second-order valence-electron chi connectivity index (χ2n) is 4.05. The zero-order chi connectivity index (χ0) is 15.9. The molecule has 1 aromatic carbocycles. The highest BCUT2D eigenvalue weighted by molar-refractivity contribution is 7.90. The van der Waals surface area contributed by atoms with Crippen LogP contribution in [0.2, 0.25) is 0 Å². The van der Waals surface area contributed by atoms with Gasteiger partial charge in [0.25, 0.3) is 0 Å². The molecule has 0 atom stereocenters. The number of phenolic OH excluding ortho intramolecular Hbond substituents is 1. The Bertz CT molecular complexity index is 843. The molecule has 0 saturated heterocycles. The van der Waals surface area contributed by atoms with Gasteiger partial charge in [-0.05, 0) is 6.07 Å². The van der Waals surface area contributed by atoms with Crippen LogP contribution in [-0.2, 0) is 9.84 Å². The van der Waals surface area contributed by atoms with E-state index in [2.05, 4.69) is 9.68 Å². The highest BCUT2D eigenvalue weighted by atomic mass is 32.2. The fraction of sp³-hybridized carbons (Fsp3) is 0.0909. The first-order valence-electron chi connectivity index (χ1n) is 5.24. The molecular formula is C11H7F2NO6S. The molecule has 0 radical (unpaired) electrons. The van der Waals surface area contributed by atoms with Crippen molar-refractivity contribution in [3.05, 3.63) is 29.5 Å². The van der Waals surface area contributed by atoms with Crippen molar-refractivity contribution in [1.82, 2.24) is 5.16 Å². The number of phenols is 1. The first-order chi connectivity index (χ1) is 9.62. The number of carboxylic acid groups (broad SMARTS) is 1. The third-order valence-electron chi connectivity index (χ3n) is 2.52. The zero-order valence-electron chi connectivity index (χ0n) is 10.3. The molecule has 0 aliphatic rings. The number of carbonyl (C=O) groups is 1. The molecule has 2 N–H and O–H groups in total. The van der Waals surface area contributed by atoms with Crippen LogP contribution in [0.5, 0.6) is 5.75 Å². The van der Waals surface area contributed by atoms with Crippen molar-refractivity contribution < 1.29 is 36.7 Å². The number of benzene rings is 1. The summed E-state index contributed by atoms with van der Waals surface area (Å²) in [5.41, 5.74) is -0.892. The van der Waals surface area contributed by atoms with E-state index < -0.39 is 49.4 Å². The maximum Gasteiger partial charge on any atom is 0.374 e. The Labute approximate surface area is 116 Å². The molecule has 0 aliphatic heterocycles. The Morgan fingerprint density at radius 2 is 1.95 bits per heavy atom. The van der Waals surface area contributed by atoms with Gasteiger partial charge in [0.1, 0.15) is 16.4 Å². The normalized spacial score (nSPS) is 11.6. The van der Waals surface area contributed by atoms with Crippen molar-refractivity contribution >= 4 is 15.8 Å². The fourth-order valence-electron chi connectivity index (χ4n) is 1.63. The lowest BCUT2D eigenvalue weighted by atomic mass is 10.1. The molecule has 112 valence electrons. The first kappa shape index (κ1) is 14.9. The SMILES string of the molecule is CS(=O)(=O)c1c(F)cc(-c2cc(C(=O)O)on2)c(O)c1F. The van der Waals surface area contributed by atoms with Crippen LogP contribution in [0.4, 0.5) is 8.78 Å². The standard InChI is InChI=1S/C11H7F2NO6S/c1-21(18,19)10-5(12)2-4(9(15)8(10)13)6-3-7(11(16)17)20-14-6/h2-3,15H,1H3,(H,16,17). The third kappa shape index (κ3) is 2.57. The van der Waals surface area contributed by atoms with Crippen molar-refractivity contribution in [3.63, 3.8) is 0 Å². The summed E-state index contributed by atoms with van der Waals surface area (Å²) in [6.45, 7) is 0. The Balaban J connectivity index is 2.69. The molecule has 0 bridgehead atoms. The number of nitrogens with zero attached hydrogens (tertiary/aromatic N) is 1. The molecular weight excluding hydrogens is 312 g/mol. The number of aromatic carboxylic acids is 1. The average molecular weight is 319 g/mol. The number of carboxylic acids is 1. The zero-order valence-corrected chi connectivity index (χ0v) is 11.1. The number of sulfone groups is 1. The Morgan fingerprint density at radius 3 is 2.43 bits per heavy atom. The van der Waals surface area contributed by atoms with Gasteiger partial charge in [-0.25, -0.2) is 22.0 Å². The van der Waals surface area contributed by atoms with E-state index in [1.54, 1.807) is 0 Å². The summed E-state index contributed by atoms with van der Waals surface area (Å²) in [6, 6.07) is 1.36. The van der Waals surface area contributed by atoms with E-state index in [1.165, 1.54) is 0 Å². The van der Waals surface area contributed by atoms with Gasteiger partial charge >= 0.3 is 5.97 Å². The van der Waals surface area contributed by atoms with Gasteiger partial charge in [0.15, 0.2) is 21.4 Å². The molecule has 0 aliphatic carbocycles. The van der Waals surface area contributed by atoms with Crippen LogP contribution in [-0.4, -0.2) is 36.0 Å². The number of aromatic hydroxyl groups is 1. The predicted molar refractivity (Wildman–Crippen MR) is 63.6 cm³/mol. The summed E-state index contributed by atoms with van der Waals surface area (Å²) < 4.78 is 54.5. The van der Waals surface area contributed by atoms with Gasteiger partial charge in [-0.3, -0.25) is 0 Å². The molecule has 0 saturated carbocycles. The maximum atomic E-state index is 13.8. The minimum Gasteiger partial charge on any atom is -0.504 e. The van der Waals surface area contributed by atoms with E-state index in [-0.39, 0.29) is 5.69 Å². The van der Waals surface area contributed by atoms with Crippen molar-refractivity contribution in [2.75, 3.05) is 6.26 Å². The molecule has 0 fully saturated rings. The second kappa shape index (κ2) is 4.81. The molecule has 0 unspecified atom stereocenters. The summed E-state index contributed by atoms with van der Waals surface area (Å²) in [6.07, 6.45) is 0.576. The molecule has 7 nitrogen and oxygen atoms in total. The fourth-order valence-corrected chi connectivity index (χ4v) is 2.46. The summed E-state index contributed by atoms with van der Waals surface area (Å²) in [7, 11) is -4.24. The highest BCUT2D eigenvalue weighted by Crippen LogP contribution is 2.36. The minimum absolute atomic E-state index is 0.359. The lowest BCUT2D eigenvalue weighted by Gasteiger charge is -2.07. The van der Waals surface area contributed by atoms with E-state index in [1.807, 2.05) is 0 Å². The van der Waals surface area contributed by atoms with Crippen LogP contribution in [0, 0.1) is 11.6 Å². The smallest absolute Gasteiger partial charge is 0.374 e. The lowest BCUT2D eigenvalue weighted by molar-refractivity contribution is 0.0652. The number of hydrogen-bond donors (Lipinski definition) is 2. The van der Waals surface area contributed by atoms with E-state index in [9.17, 15) is 27.1 Å². The first-order valence-corrected chi connectivity index (χ1v) is 7.13. The number of hydrogen-bond acceptors (Lipinski definition) is 6. The van der Waals surface area contributed by atoms with Crippen LogP contribution in [0.25, 0.3) is 11.3 Å². The maximum absolute atomic E-state index is 13.8. The van der Waals surface area contributed by atoms with E-state index in [0.717, 1.165) is 6.07 Å². The van der Waals surface area contributed by atoms with Crippen LogP contribution in [0.3, 0.4) is 0 Å². The molecule has 1 heterocycles. The Kier molecular flexibility index (Phi) is 3.41. The average Bonchev–Trinajstić information content (AvgIpc) is 2.81. The van der Waals surface area contributed by atoms with Gasteiger partial charge in [-0.1, -0.05) is 5.16 Å². The topological polar surface area (TPSA) is 118 Å². The largest absolute Gasteiger partial charge is 0.504 e. The van der Waals surface area contributed by atoms with Crippen LogP contribution >= 0.6 is 0 Å². The summed E-state index contributed by atoms with van der Waals surface area (Å²) >= 11 is 0. The van der Waals surface area contributed by atoms with Crippen LogP contribution in [0.1, 0.15) is 10.6 Å². The summed E-state index contributed by atoms with van der Waals surface area (Å²) in [5.74, 6) is -6.39. The van der Waals surface area contributed by atoms with Gasteiger partial charge < -0.3 is 14.7 Å². The number of rotatable bonds is 3. The summed E-state index contributed by atoms with van der Waals surface area (Å²) in [4.78, 5) is 9.34. The summed E-state index contributed by atoms with van der Waals surface area (Å²) in [5, 5.41) is 21.5. The lowest BCUT2D eigenvalue weighted by Crippen LogP contribution is -2.05. The monoisotopic (exact) mass is 319 g/mol.